The molecule has 1 atom stereocenters. The first-order valence-corrected chi connectivity index (χ1v) is 9.88. The second-order valence-corrected chi connectivity index (χ2v) is 7.81. The fraction of sp³-hybridized carbons (Fsp3) is 0.304. The first-order chi connectivity index (χ1) is 14.4. The monoisotopic (exact) mass is 409 g/mol. The molecule has 0 spiro atoms. The second-order valence-electron chi connectivity index (χ2n) is 7.81. The first-order valence-electron chi connectivity index (χ1n) is 9.88. The number of rotatable bonds is 4. The topological polar surface area (TPSA) is 50.8 Å². The van der Waals surface area contributed by atoms with Crippen molar-refractivity contribution in [2.75, 3.05) is 0 Å². The van der Waals surface area contributed by atoms with Gasteiger partial charge in [-0.05, 0) is 53.3 Å². The van der Waals surface area contributed by atoms with Gasteiger partial charge in [0.25, 0.3) is 5.92 Å². The Balaban J connectivity index is 1.66. The Morgan fingerprint density at radius 1 is 1.27 bits per heavy atom. The van der Waals surface area contributed by atoms with Gasteiger partial charge >= 0.3 is 0 Å². The minimum Gasteiger partial charge on any atom is -0.382 e. The van der Waals surface area contributed by atoms with Gasteiger partial charge in [0.05, 0.1) is 17.8 Å². The van der Waals surface area contributed by atoms with Crippen molar-refractivity contribution >= 4 is 0 Å². The van der Waals surface area contributed by atoms with Crippen molar-refractivity contribution in [1.82, 2.24) is 9.94 Å². The number of nitriles is 1. The standard InChI is InChI=1S/C23H18F3N3O/c1-2-3-13-8-16(24)9-15(12-27)18(13)10-14-4-5-17-20-6-7-28-29(20)30-22-21(17)19(14)11-23(22,25)26/h4-9,22H,2-3,10-11H2,1H3. The molecular formula is C23H18F3N3O. The first kappa shape index (κ1) is 18.7. The molecule has 0 saturated heterocycles. The van der Waals surface area contributed by atoms with E-state index in [2.05, 4.69) is 11.2 Å². The average Bonchev–Trinajstić information content (AvgIpc) is 3.28. The maximum Gasteiger partial charge on any atom is 0.295 e. The van der Waals surface area contributed by atoms with Crippen molar-refractivity contribution in [1.29, 1.82) is 5.26 Å². The fourth-order valence-corrected chi connectivity index (χ4v) is 4.63. The van der Waals surface area contributed by atoms with Crippen molar-refractivity contribution in [2.24, 2.45) is 0 Å². The molecule has 30 heavy (non-hydrogen) atoms. The summed E-state index contributed by atoms with van der Waals surface area (Å²) in [5.41, 5.74) is 4.77. The third-order valence-corrected chi connectivity index (χ3v) is 5.92. The number of aromatic nitrogens is 2. The quantitative estimate of drug-likeness (QED) is 0.623. The molecule has 4 nitrogen and oxygen atoms in total. The molecule has 1 unspecified atom stereocenters. The van der Waals surface area contributed by atoms with Crippen LogP contribution in [0.4, 0.5) is 13.2 Å². The van der Waals surface area contributed by atoms with E-state index in [0.29, 0.717) is 46.4 Å². The van der Waals surface area contributed by atoms with Gasteiger partial charge in [-0.15, -0.1) is 5.10 Å². The molecular weight excluding hydrogens is 391 g/mol. The third kappa shape index (κ3) is 2.71. The van der Waals surface area contributed by atoms with E-state index in [1.165, 1.54) is 18.3 Å². The number of hydrogen-bond acceptors (Lipinski definition) is 3. The van der Waals surface area contributed by atoms with Crippen LogP contribution in [0.1, 0.15) is 52.8 Å². The van der Waals surface area contributed by atoms with E-state index < -0.39 is 24.3 Å². The van der Waals surface area contributed by atoms with Gasteiger partial charge in [0.2, 0.25) is 6.10 Å². The number of benzene rings is 2. The molecule has 0 amide bonds. The van der Waals surface area contributed by atoms with Crippen LogP contribution in [0.3, 0.4) is 0 Å². The molecule has 0 saturated carbocycles. The molecule has 0 bridgehead atoms. The summed E-state index contributed by atoms with van der Waals surface area (Å²) in [6.07, 6.45) is 1.38. The molecule has 0 fully saturated rings. The average molecular weight is 409 g/mol. The Labute approximate surface area is 171 Å². The van der Waals surface area contributed by atoms with Crippen molar-refractivity contribution < 1.29 is 18.0 Å². The van der Waals surface area contributed by atoms with E-state index in [4.69, 9.17) is 4.84 Å². The van der Waals surface area contributed by atoms with E-state index in [-0.39, 0.29) is 5.56 Å². The predicted octanol–water partition coefficient (Wildman–Crippen LogP) is 4.78. The molecule has 2 aromatic carbocycles. The highest BCUT2D eigenvalue weighted by Crippen LogP contribution is 2.51. The lowest BCUT2D eigenvalue weighted by Gasteiger charge is -2.27. The zero-order valence-electron chi connectivity index (χ0n) is 16.3. The van der Waals surface area contributed by atoms with E-state index in [9.17, 15) is 18.4 Å². The highest BCUT2D eigenvalue weighted by molar-refractivity contribution is 5.70. The Kier molecular flexibility index (Phi) is 4.14. The summed E-state index contributed by atoms with van der Waals surface area (Å²) in [7, 11) is 0. The van der Waals surface area contributed by atoms with Crippen LogP contribution in [0.2, 0.25) is 0 Å². The van der Waals surface area contributed by atoms with Crippen LogP contribution in [-0.4, -0.2) is 15.9 Å². The number of halogens is 3. The second kappa shape index (κ2) is 6.63. The SMILES string of the molecule is CCCc1cc(F)cc(C#N)c1Cc1ccc2c3c1CC(F)(F)C3On1nccc1-2. The maximum atomic E-state index is 14.9. The smallest absolute Gasteiger partial charge is 0.295 e. The number of alkyl halides is 2. The molecule has 1 aromatic heterocycles. The highest BCUT2D eigenvalue weighted by atomic mass is 19.3. The molecule has 7 heteroatoms. The molecule has 1 aliphatic heterocycles. The summed E-state index contributed by atoms with van der Waals surface area (Å²) in [5.74, 6) is -3.52. The Bertz CT molecular complexity index is 1210. The minimum absolute atomic E-state index is 0.249. The summed E-state index contributed by atoms with van der Waals surface area (Å²) in [6, 6.07) is 10.1. The van der Waals surface area contributed by atoms with Gasteiger partial charge < -0.3 is 4.84 Å². The molecule has 3 aromatic rings. The van der Waals surface area contributed by atoms with Gasteiger partial charge in [0.1, 0.15) is 11.5 Å². The number of nitrogens with zero attached hydrogens (tertiary/aromatic N) is 3. The highest BCUT2D eigenvalue weighted by Gasteiger charge is 2.54. The van der Waals surface area contributed by atoms with Crippen LogP contribution < -0.4 is 4.84 Å². The predicted molar refractivity (Wildman–Crippen MR) is 104 cm³/mol. The molecule has 0 N–H and O–H groups in total. The van der Waals surface area contributed by atoms with Crippen molar-refractivity contribution in [2.45, 2.75) is 44.6 Å². The zero-order valence-corrected chi connectivity index (χ0v) is 16.3. The van der Waals surface area contributed by atoms with E-state index in [1.54, 1.807) is 6.07 Å². The minimum atomic E-state index is -3.07. The summed E-state index contributed by atoms with van der Waals surface area (Å²) in [5, 5.41) is 13.5. The van der Waals surface area contributed by atoms with Crippen molar-refractivity contribution in [3.8, 4) is 17.3 Å². The van der Waals surface area contributed by atoms with E-state index in [1.807, 2.05) is 19.1 Å². The fourth-order valence-electron chi connectivity index (χ4n) is 4.63. The number of aryl methyl sites for hydroxylation is 1. The largest absolute Gasteiger partial charge is 0.382 e. The number of hydrogen-bond donors (Lipinski definition) is 0. The summed E-state index contributed by atoms with van der Waals surface area (Å²) in [4.78, 5) is 6.65. The Morgan fingerprint density at radius 2 is 2.10 bits per heavy atom. The normalized spacial score (nSPS) is 17.8. The summed E-state index contributed by atoms with van der Waals surface area (Å²) in [6.45, 7) is 1.98. The van der Waals surface area contributed by atoms with Gasteiger partial charge in [0.15, 0.2) is 0 Å². The van der Waals surface area contributed by atoms with Crippen LogP contribution in [0.5, 0.6) is 0 Å². The van der Waals surface area contributed by atoms with Crippen LogP contribution >= 0.6 is 0 Å². The molecule has 2 heterocycles. The summed E-state index contributed by atoms with van der Waals surface area (Å²) >= 11 is 0. The molecule has 0 radical (unpaired) electrons. The van der Waals surface area contributed by atoms with Crippen LogP contribution in [0.15, 0.2) is 36.5 Å². The lowest BCUT2D eigenvalue weighted by Crippen LogP contribution is -2.34. The van der Waals surface area contributed by atoms with Gasteiger partial charge in [-0.1, -0.05) is 30.3 Å². The van der Waals surface area contributed by atoms with Gasteiger partial charge in [0, 0.05) is 17.5 Å². The Hall–Kier alpha value is -3.27. The lowest BCUT2D eigenvalue weighted by atomic mass is 9.88. The third-order valence-electron chi connectivity index (χ3n) is 5.92. The molecule has 1 aliphatic carbocycles. The van der Waals surface area contributed by atoms with Crippen LogP contribution in [-0.2, 0) is 19.3 Å². The molecule has 2 aliphatic rings. The van der Waals surface area contributed by atoms with Crippen LogP contribution in [0.25, 0.3) is 11.3 Å². The van der Waals surface area contributed by atoms with Crippen LogP contribution in [0, 0.1) is 17.1 Å². The summed E-state index contributed by atoms with van der Waals surface area (Å²) < 4.78 is 43.7. The van der Waals surface area contributed by atoms with Crippen molar-refractivity contribution in [3.05, 3.63) is 75.7 Å². The van der Waals surface area contributed by atoms with Gasteiger partial charge in [-0.25, -0.2) is 13.2 Å². The lowest BCUT2D eigenvalue weighted by molar-refractivity contribution is -0.139. The van der Waals surface area contributed by atoms with Gasteiger partial charge in [-0.3, -0.25) is 0 Å². The molecule has 152 valence electrons. The van der Waals surface area contributed by atoms with Gasteiger partial charge in [-0.2, -0.15) is 5.26 Å². The maximum absolute atomic E-state index is 14.9. The Morgan fingerprint density at radius 3 is 2.87 bits per heavy atom. The molecule has 5 rings (SSSR count). The van der Waals surface area contributed by atoms with E-state index in [0.717, 1.165) is 16.8 Å². The number of fused-ring (bicyclic) bond motifs is 2. The van der Waals surface area contributed by atoms with E-state index >= 15 is 0 Å². The van der Waals surface area contributed by atoms with Crippen molar-refractivity contribution in [3.63, 3.8) is 0 Å². The zero-order chi connectivity index (χ0) is 21.0.